The number of carboxylic acid groups (broad SMARTS) is 1. The van der Waals surface area contributed by atoms with Crippen LogP contribution < -0.4 is 5.73 Å². The molecular formula is C20H23FN2O4. The molecule has 0 aromatic heterocycles. The Balaban J connectivity index is 0.000000223. The van der Waals surface area contributed by atoms with Crippen molar-refractivity contribution < 1.29 is 24.2 Å². The van der Waals surface area contributed by atoms with Crippen LogP contribution in [0.3, 0.4) is 0 Å². The summed E-state index contributed by atoms with van der Waals surface area (Å²) in [4.78, 5) is 22.6. The van der Waals surface area contributed by atoms with Gasteiger partial charge in [0.05, 0.1) is 0 Å². The van der Waals surface area contributed by atoms with Crippen LogP contribution in [0.5, 0.6) is 5.75 Å². The van der Waals surface area contributed by atoms with E-state index in [0.29, 0.717) is 24.6 Å². The quantitative estimate of drug-likeness (QED) is 0.767. The Morgan fingerprint density at radius 3 is 2.26 bits per heavy atom. The lowest BCUT2D eigenvalue weighted by atomic mass is 9.90. The third-order valence-electron chi connectivity index (χ3n) is 4.45. The maximum absolute atomic E-state index is 13.0. The van der Waals surface area contributed by atoms with E-state index in [4.69, 9.17) is 15.9 Å². The fourth-order valence-corrected chi connectivity index (χ4v) is 2.95. The molecule has 1 fully saturated rings. The maximum Gasteiger partial charge on any atom is 0.407 e. The summed E-state index contributed by atoms with van der Waals surface area (Å²) in [6.07, 6.45) is 1.73. The number of nitrogens with zero attached hydrogens (tertiary/aromatic N) is 1. The predicted octanol–water partition coefficient (Wildman–Crippen LogP) is 3.25. The van der Waals surface area contributed by atoms with Crippen molar-refractivity contribution in [2.75, 3.05) is 13.1 Å². The topological polar surface area (TPSA) is 104 Å². The van der Waals surface area contributed by atoms with Crippen LogP contribution in [0.15, 0.2) is 48.5 Å². The number of carbonyl (C=O) groups excluding carboxylic acids is 1. The highest BCUT2D eigenvalue weighted by molar-refractivity contribution is 5.92. The van der Waals surface area contributed by atoms with Gasteiger partial charge in [0.15, 0.2) is 0 Å². The molecule has 4 N–H and O–H groups in total. The lowest BCUT2D eigenvalue weighted by Gasteiger charge is -2.30. The average molecular weight is 374 g/mol. The van der Waals surface area contributed by atoms with Crippen molar-refractivity contribution >= 4 is 12.0 Å². The van der Waals surface area contributed by atoms with Gasteiger partial charge in [-0.15, -0.1) is 0 Å². The van der Waals surface area contributed by atoms with E-state index in [1.165, 1.54) is 35.2 Å². The summed E-state index contributed by atoms with van der Waals surface area (Å²) in [6, 6.07) is 12.4. The van der Waals surface area contributed by atoms with Crippen molar-refractivity contribution in [2.45, 2.75) is 19.3 Å². The van der Waals surface area contributed by atoms with Gasteiger partial charge in [0.25, 0.3) is 0 Å². The number of hydrogen-bond acceptors (Lipinski definition) is 3. The Bertz CT molecular complexity index is 772. The Morgan fingerprint density at radius 1 is 1.11 bits per heavy atom. The molecule has 6 nitrogen and oxygen atoms in total. The summed E-state index contributed by atoms with van der Waals surface area (Å²) >= 11 is 0. The Kier molecular flexibility index (Phi) is 7.16. The maximum atomic E-state index is 13.0. The second kappa shape index (κ2) is 9.56. The fourth-order valence-electron chi connectivity index (χ4n) is 2.95. The molecule has 0 bridgehead atoms. The van der Waals surface area contributed by atoms with Gasteiger partial charge in [-0.05, 0) is 67.1 Å². The SMILES string of the molecule is NC(=O)c1ccc(O)cc1.O=C(O)N1CCC(Cc2cccc(F)c2)CC1. The Morgan fingerprint density at radius 2 is 1.74 bits per heavy atom. The lowest BCUT2D eigenvalue weighted by Crippen LogP contribution is -2.37. The number of amides is 2. The van der Waals surface area contributed by atoms with Crippen molar-refractivity contribution in [1.82, 2.24) is 4.90 Å². The highest BCUT2D eigenvalue weighted by Gasteiger charge is 2.22. The average Bonchev–Trinajstić information content (AvgIpc) is 2.63. The first-order valence-corrected chi connectivity index (χ1v) is 8.66. The largest absolute Gasteiger partial charge is 0.508 e. The molecule has 0 aliphatic carbocycles. The molecule has 7 heteroatoms. The zero-order valence-electron chi connectivity index (χ0n) is 14.8. The van der Waals surface area contributed by atoms with E-state index in [-0.39, 0.29) is 11.6 Å². The standard InChI is InChI=1S/C13H16FNO2.C7H7NO2/c14-12-3-1-2-11(9-12)8-10-4-6-15(7-5-10)13(16)17;8-7(10)5-1-3-6(9)4-2-5/h1-3,9-10H,4-8H2,(H,16,17);1-4,9H,(H2,8,10). The summed E-state index contributed by atoms with van der Waals surface area (Å²) in [5, 5.41) is 17.6. The second-order valence-electron chi connectivity index (χ2n) is 6.46. The van der Waals surface area contributed by atoms with Crippen LogP contribution in [-0.4, -0.2) is 40.2 Å². The number of primary amides is 1. The van der Waals surface area contributed by atoms with E-state index in [2.05, 4.69) is 0 Å². The van der Waals surface area contributed by atoms with E-state index >= 15 is 0 Å². The number of phenols is 1. The zero-order chi connectivity index (χ0) is 19.8. The number of hydrogen-bond donors (Lipinski definition) is 3. The van der Waals surface area contributed by atoms with Gasteiger partial charge in [0, 0.05) is 18.7 Å². The smallest absolute Gasteiger partial charge is 0.407 e. The minimum Gasteiger partial charge on any atom is -0.508 e. The molecule has 2 aromatic rings. The van der Waals surface area contributed by atoms with Gasteiger partial charge in [-0.2, -0.15) is 0 Å². The van der Waals surface area contributed by atoms with E-state index in [0.717, 1.165) is 24.8 Å². The van der Waals surface area contributed by atoms with Gasteiger partial charge in [-0.25, -0.2) is 9.18 Å². The summed E-state index contributed by atoms with van der Waals surface area (Å²) in [5.74, 6) is -0.0946. The first-order chi connectivity index (χ1) is 12.8. The van der Waals surface area contributed by atoms with E-state index in [9.17, 15) is 14.0 Å². The molecule has 1 aliphatic heterocycles. The molecule has 0 spiro atoms. The number of rotatable bonds is 3. The second-order valence-corrected chi connectivity index (χ2v) is 6.46. The van der Waals surface area contributed by atoms with Crippen LogP contribution in [0.25, 0.3) is 0 Å². The summed E-state index contributed by atoms with van der Waals surface area (Å²) in [6.45, 7) is 1.19. The number of halogens is 1. The number of phenolic OH excluding ortho intramolecular Hbond substituents is 1. The lowest BCUT2D eigenvalue weighted by molar-refractivity contribution is 0.1000. The molecule has 27 heavy (non-hydrogen) atoms. The van der Waals surface area contributed by atoms with Crippen LogP contribution in [0, 0.1) is 11.7 Å². The van der Waals surface area contributed by atoms with Crippen molar-refractivity contribution in [2.24, 2.45) is 11.7 Å². The van der Waals surface area contributed by atoms with Gasteiger partial charge in [-0.3, -0.25) is 4.79 Å². The first-order valence-electron chi connectivity index (χ1n) is 8.66. The molecule has 1 aliphatic rings. The minimum absolute atomic E-state index is 0.130. The van der Waals surface area contributed by atoms with Gasteiger partial charge in [-0.1, -0.05) is 12.1 Å². The molecule has 1 heterocycles. The molecule has 0 radical (unpaired) electrons. The van der Waals surface area contributed by atoms with Crippen LogP contribution in [0.4, 0.5) is 9.18 Å². The van der Waals surface area contributed by atoms with Crippen LogP contribution in [0.1, 0.15) is 28.8 Å². The normalized spacial score (nSPS) is 14.2. The number of benzene rings is 2. The van der Waals surface area contributed by atoms with Crippen molar-refractivity contribution in [3.05, 3.63) is 65.5 Å². The molecule has 0 atom stereocenters. The van der Waals surface area contributed by atoms with E-state index < -0.39 is 12.0 Å². The van der Waals surface area contributed by atoms with Crippen LogP contribution in [0.2, 0.25) is 0 Å². The molecule has 1 saturated heterocycles. The molecule has 3 rings (SSSR count). The van der Waals surface area contributed by atoms with E-state index in [1.54, 1.807) is 12.1 Å². The third-order valence-corrected chi connectivity index (χ3v) is 4.45. The first kappa shape index (κ1) is 20.2. The van der Waals surface area contributed by atoms with Crippen molar-refractivity contribution in [1.29, 1.82) is 0 Å². The highest BCUT2D eigenvalue weighted by Crippen LogP contribution is 2.22. The van der Waals surface area contributed by atoms with E-state index in [1.807, 2.05) is 6.07 Å². The highest BCUT2D eigenvalue weighted by atomic mass is 19.1. The fraction of sp³-hybridized carbons (Fsp3) is 0.300. The predicted molar refractivity (Wildman–Crippen MR) is 99.1 cm³/mol. The minimum atomic E-state index is -0.839. The van der Waals surface area contributed by atoms with Crippen molar-refractivity contribution in [3.8, 4) is 5.75 Å². The summed E-state index contributed by atoms with van der Waals surface area (Å²) < 4.78 is 13.0. The number of piperidine rings is 1. The van der Waals surface area contributed by atoms with Crippen LogP contribution in [-0.2, 0) is 6.42 Å². The van der Waals surface area contributed by atoms with Gasteiger partial charge in [0.2, 0.25) is 5.91 Å². The Hall–Kier alpha value is -3.09. The molecule has 2 aromatic carbocycles. The third kappa shape index (κ3) is 6.62. The van der Waals surface area contributed by atoms with Gasteiger partial charge < -0.3 is 20.8 Å². The molecule has 0 unspecified atom stereocenters. The number of likely N-dealkylation sites (tertiary alicyclic amines) is 1. The molecule has 144 valence electrons. The number of aromatic hydroxyl groups is 1. The molecular weight excluding hydrogens is 351 g/mol. The zero-order valence-corrected chi connectivity index (χ0v) is 14.8. The number of carbonyl (C=O) groups is 2. The molecule has 0 saturated carbocycles. The Labute approximate surface area is 157 Å². The van der Waals surface area contributed by atoms with Gasteiger partial charge in [0.1, 0.15) is 11.6 Å². The van der Waals surface area contributed by atoms with Gasteiger partial charge >= 0.3 is 6.09 Å². The van der Waals surface area contributed by atoms with Crippen molar-refractivity contribution in [3.63, 3.8) is 0 Å². The molecule has 2 amide bonds. The summed E-state index contributed by atoms with van der Waals surface area (Å²) in [7, 11) is 0. The number of nitrogens with two attached hydrogens (primary N) is 1. The monoisotopic (exact) mass is 374 g/mol. The van der Waals surface area contributed by atoms with Crippen LogP contribution >= 0.6 is 0 Å². The summed E-state index contributed by atoms with van der Waals surface area (Å²) in [5.41, 5.74) is 6.34.